The Bertz CT molecular complexity index is 200. The quantitative estimate of drug-likeness (QED) is 0.646. The van der Waals surface area contributed by atoms with E-state index in [0.29, 0.717) is 6.61 Å². The minimum absolute atomic E-state index is 0.109. The van der Waals surface area contributed by atoms with Crippen LogP contribution in [0.4, 0.5) is 0 Å². The fourth-order valence-corrected chi connectivity index (χ4v) is 1.80. The van der Waals surface area contributed by atoms with Gasteiger partial charge in [-0.1, -0.05) is 19.3 Å². The molecule has 4 heteroatoms. The molecular weight excluding hydrogens is 206 g/mol. The third-order valence-corrected chi connectivity index (χ3v) is 2.79. The van der Waals surface area contributed by atoms with E-state index < -0.39 is 0 Å². The van der Waals surface area contributed by atoms with E-state index >= 15 is 0 Å². The number of carbonyl (C=O) groups is 1. The van der Waals surface area contributed by atoms with E-state index in [4.69, 9.17) is 9.47 Å². The van der Waals surface area contributed by atoms with E-state index in [9.17, 15) is 4.79 Å². The molecule has 0 aromatic rings. The van der Waals surface area contributed by atoms with Crippen LogP contribution in [0.3, 0.4) is 0 Å². The molecule has 1 rings (SSSR count). The fourth-order valence-electron chi connectivity index (χ4n) is 1.80. The second kappa shape index (κ2) is 7.63. The van der Waals surface area contributed by atoms with Gasteiger partial charge in [0.05, 0.1) is 6.10 Å². The van der Waals surface area contributed by atoms with Crippen molar-refractivity contribution in [3.8, 4) is 0 Å². The van der Waals surface area contributed by atoms with Crippen LogP contribution < -0.4 is 0 Å². The van der Waals surface area contributed by atoms with E-state index in [-0.39, 0.29) is 18.7 Å². The van der Waals surface area contributed by atoms with Crippen molar-refractivity contribution in [1.82, 2.24) is 4.90 Å². The number of carbonyl (C=O) groups excluding carboxylic acids is 1. The second-order valence-corrected chi connectivity index (χ2v) is 4.59. The lowest BCUT2D eigenvalue weighted by Crippen LogP contribution is -2.25. The Morgan fingerprint density at radius 3 is 2.56 bits per heavy atom. The van der Waals surface area contributed by atoms with Gasteiger partial charge >= 0.3 is 5.97 Å². The van der Waals surface area contributed by atoms with Gasteiger partial charge in [0.15, 0.2) is 0 Å². The van der Waals surface area contributed by atoms with Crippen molar-refractivity contribution in [3.05, 3.63) is 0 Å². The van der Waals surface area contributed by atoms with Crippen molar-refractivity contribution in [1.29, 1.82) is 0 Å². The van der Waals surface area contributed by atoms with Crippen molar-refractivity contribution in [2.24, 2.45) is 0 Å². The molecule has 0 N–H and O–H groups in total. The third kappa shape index (κ3) is 6.08. The molecule has 16 heavy (non-hydrogen) atoms. The molecule has 0 unspecified atom stereocenters. The van der Waals surface area contributed by atoms with Crippen molar-refractivity contribution in [2.45, 2.75) is 38.2 Å². The van der Waals surface area contributed by atoms with Crippen LogP contribution in [0.5, 0.6) is 0 Å². The molecule has 0 bridgehead atoms. The third-order valence-electron chi connectivity index (χ3n) is 2.79. The lowest BCUT2D eigenvalue weighted by Gasteiger charge is -2.21. The highest BCUT2D eigenvalue weighted by atomic mass is 16.6. The van der Waals surface area contributed by atoms with E-state index in [0.717, 1.165) is 19.4 Å². The van der Waals surface area contributed by atoms with Crippen LogP contribution >= 0.6 is 0 Å². The Kier molecular flexibility index (Phi) is 6.42. The average Bonchev–Trinajstić information content (AvgIpc) is 2.27. The van der Waals surface area contributed by atoms with Gasteiger partial charge in [-0.2, -0.15) is 0 Å². The Hall–Kier alpha value is -0.610. The largest absolute Gasteiger partial charge is 0.463 e. The maximum Gasteiger partial charge on any atom is 0.332 e. The highest BCUT2D eigenvalue weighted by molar-refractivity contribution is 5.70. The van der Waals surface area contributed by atoms with Crippen LogP contribution in [-0.2, 0) is 14.3 Å². The molecule has 0 aliphatic heterocycles. The number of hydrogen-bond acceptors (Lipinski definition) is 4. The van der Waals surface area contributed by atoms with Gasteiger partial charge in [0.2, 0.25) is 0 Å². The molecule has 94 valence electrons. The molecule has 1 saturated carbocycles. The number of likely N-dealkylation sites (N-methyl/N-ethyl adjacent to an activating group) is 1. The van der Waals surface area contributed by atoms with E-state index in [1.807, 2.05) is 19.0 Å². The monoisotopic (exact) mass is 229 g/mol. The molecule has 0 spiro atoms. The van der Waals surface area contributed by atoms with Crippen LogP contribution in [0.25, 0.3) is 0 Å². The summed E-state index contributed by atoms with van der Waals surface area (Å²) in [6, 6.07) is 0. The summed E-state index contributed by atoms with van der Waals surface area (Å²) in [6.07, 6.45) is 6.19. The summed E-state index contributed by atoms with van der Waals surface area (Å²) in [4.78, 5) is 13.3. The molecule has 0 aromatic heterocycles. The first-order valence-corrected chi connectivity index (χ1v) is 6.10. The number of nitrogens with zero attached hydrogens (tertiary/aromatic N) is 1. The topological polar surface area (TPSA) is 38.8 Å². The summed E-state index contributed by atoms with van der Waals surface area (Å²) >= 11 is 0. The summed E-state index contributed by atoms with van der Waals surface area (Å²) in [5.41, 5.74) is 0. The van der Waals surface area contributed by atoms with E-state index in [2.05, 4.69) is 0 Å². The number of ether oxygens (including phenoxy) is 2. The minimum Gasteiger partial charge on any atom is -0.463 e. The lowest BCUT2D eigenvalue weighted by atomic mass is 9.98. The molecule has 0 atom stereocenters. The first-order valence-electron chi connectivity index (χ1n) is 6.10. The minimum atomic E-state index is -0.243. The zero-order chi connectivity index (χ0) is 11.8. The molecule has 1 fully saturated rings. The van der Waals surface area contributed by atoms with Gasteiger partial charge in [0.1, 0.15) is 13.2 Å². The van der Waals surface area contributed by atoms with Crippen LogP contribution in [0.1, 0.15) is 32.1 Å². The maximum atomic E-state index is 11.3. The highest BCUT2D eigenvalue weighted by Crippen LogP contribution is 2.19. The Balaban J connectivity index is 2.00. The van der Waals surface area contributed by atoms with Crippen LogP contribution in [0, 0.1) is 0 Å². The summed E-state index contributed by atoms with van der Waals surface area (Å²) in [6.45, 7) is 1.31. The predicted octanol–water partition coefficient (Wildman–Crippen LogP) is 1.44. The van der Waals surface area contributed by atoms with Gasteiger partial charge in [0, 0.05) is 6.54 Å². The van der Waals surface area contributed by atoms with Crippen molar-refractivity contribution >= 4 is 5.97 Å². The molecule has 0 radical (unpaired) electrons. The van der Waals surface area contributed by atoms with Gasteiger partial charge in [-0.05, 0) is 26.9 Å². The fraction of sp³-hybridized carbons (Fsp3) is 0.917. The number of hydrogen-bond donors (Lipinski definition) is 0. The van der Waals surface area contributed by atoms with Crippen molar-refractivity contribution < 1.29 is 14.3 Å². The molecule has 0 saturated heterocycles. The smallest absolute Gasteiger partial charge is 0.332 e. The molecular formula is C12H23NO3. The molecule has 0 aromatic carbocycles. The summed E-state index contributed by atoms with van der Waals surface area (Å²) in [5.74, 6) is -0.243. The maximum absolute atomic E-state index is 11.3. The van der Waals surface area contributed by atoms with E-state index in [1.165, 1.54) is 19.3 Å². The Morgan fingerprint density at radius 1 is 1.25 bits per heavy atom. The highest BCUT2D eigenvalue weighted by Gasteiger charge is 2.15. The van der Waals surface area contributed by atoms with Gasteiger partial charge in [0.25, 0.3) is 0 Å². The SMILES string of the molecule is CN(C)CCOC(=O)COC1CCCCC1. The van der Waals surface area contributed by atoms with Crippen LogP contribution in [-0.4, -0.2) is 50.8 Å². The summed E-state index contributed by atoms with van der Waals surface area (Å²) in [5, 5.41) is 0. The van der Waals surface area contributed by atoms with Crippen LogP contribution in [0.15, 0.2) is 0 Å². The van der Waals surface area contributed by atoms with Crippen LogP contribution in [0.2, 0.25) is 0 Å². The number of rotatable bonds is 6. The van der Waals surface area contributed by atoms with Gasteiger partial charge < -0.3 is 14.4 Å². The standard InChI is InChI=1S/C12H23NO3/c1-13(2)8-9-15-12(14)10-16-11-6-4-3-5-7-11/h11H,3-10H2,1-2H3. The Labute approximate surface area is 97.9 Å². The van der Waals surface area contributed by atoms with Gasteiger partial charge in [-0.25, -0.2) is 4.79 Å². The van der Waals surface area contributed by atoms with Gasteiger partial charge in [-0.3, -0.25) is 0 Å². The number of esters is 1. The summed E-state index contributed by atoms with van der Waals surface area (Å²) in [7, 11) is 3.90. The Morgan fingerprint density at radius 2 is 1.94 bits per heavy atom. The molecule has 1 aliphatic carbocycles. The van der Waals surface area contributed by atoms with Crippen molar-refractivity contribution in [2.75, 3.05) is 33.9 Å². The average molecular weight is 229 g/mol. The molecule has 1 aliphatic rings. The van der Waals surface area contributed by atoms with E-state index in [1.54, 1.807) is 0 Å². The zero-order valence-corrected chi connectivity index (χ0v) is 10.4. The normalized spacial score (nSPS) is 17.7. The first kappa shape index (κ1) is 13.5. The molecule has 0 heterocycles. The first-order chi connectivity index (χ1) is 7.68. The lowest BCUT2D eigenvalue weighted by molar-refractivity contribution is -0.151. The molecule has 0 amide bonds. The summed E-state index contributed by atoms with van der Waals surface area (Å²) < 4.78 is 10.6. The van der Waals surface area contributed by atoms with Crippen molar-refractivity contribution in [3.63, 3.8) is 0 Å². The molecule has 4 nitrogen and oxygen atoms in total. The zero-order valence-electron chi connectivity index (χ0n) is 10.4. The van der Waals surface area contributed by atoms with Gasteiger partial charge in [-0.15, -0.1) is 0 Å². The second-order valence-electron chi connectivity index (χ2n) is 4.59. The predicted molar refractivity (Wildman–Crippen MR) is 62.3 cm³/mol.